The maximum absolute atomic E-state index is 13.6. The van der Waals surface area contributed by atoms with E-state index in [1.807, 2.05) is 74.5 Å². The van der Waals surface area contributed by atoms with Gasteiger partial charge in [-0.25, -0.2) is 9.38 Å². The number of aliphatic carboxylic acids is 1. The van der Waals surface area contributed by atoms with Crippen LogP contribution in [0.5, 0.6) is 0 Å². The largest absolute Gasteiger partial charge is 0.481 e. The van der Waals surface area contributed by atoms with Crippen LogP contribution in [0.15, 0.2) is 71.5 Å². The number of carboxylic acids is 1. The first-order valence-corrected chi connectivity index (χ1v) is 12.9. The number of anilines is 2. The number of nitrogens with one attached hydrogen (secondary N) is 1. The highest BCUT2D eigenvalue weighted by atomic mass is 32.1. The number of thiazole rings is 1. The van der Waals surface area contributed by atoms with E-state index in [2.05, 4.69) is 10.3 Å². The van der Waals surface area contributed by atoms with Crippen LogP contribution in [-0.4, -0.2) is 38.8 Å². The van der Waals surface area contributed by atoms with Crippen LogP contribution in [0.2, 0.25) is 0 Å². The van der Waals surface area contributed by atoms with E-state index < -0.39 is 5.97 Å². The molecule has 0 aliphatic carbocycles. The van der Waals surface area contributed by atoms with Gasteiger partial charge in [-0.1, -0.05) is 53.8 Å². The number of carbonyl (C=O) groups excluding carboxylic acids is 2. The quantitative estimate of drug-likeness (QED) is 0.361. The maximum atomic E-state index is 13.6. The van der Waals surface area contributed by atoms with Gasteiger partial charge < -0.3 is 10.4 Å². The minimum absolute atomic E-state index is 0.160. The van der Waals surface area contributed by atoms with Crippen molar-refractivity contribution in [2.75, 3.05) is 16.8 Å². The minimum Gasteiger partial charge on any atom is -0.481 e. The number of benzene rings is 3. The van der Waals surface area contributed by atoms with E-state index in [9.17, 15) is 14.4 Å². The number of rotatable bonds is 3. The molecule has 0 spiro atoms. The second-order valence-electron chi connectivity index (χ2n) is 9.12. The summed E-state index contributed by atoms with van der Waals surface area (Å²) in [5.41, 5.74) is 5.41. The minimum atomic E-state index is -0.833. The molecule has 0 unspecified atom stereocenters. The van der Waals surface area contributed by atoms with Crippen LogP contribution in [0, 0.1) is 13.8 Å². The van der Waals surface area contributed by atoms with E-state index in [0.29, 0.717) is 37.5 Å². The number of aryl methyl sites for hydroxylation is 2. The van der Waals surface area contributed by atoms with Gasteiger partial charge in [0.15, 0.2) is 4.96 Å². The molecule has 2 amide bonds. The molecule has 3 heterocycles. The van der Waals surface area contributed by atoms with Crippen molar-refractivity contribution in [1.82, 2.24) is 9.38 Å². The molecule has 0 fully saturated rings. The number of imidazole rings is 1. The topological polar surface area (TPSA) is 121 Å². The third-order valence-corrected chi connectivity index (χ3v) is 7.28. The van der Waals surface area contributed by atoms with Crippen LogP contribution in [-0.2, 0) is 14.4 Å². The molecular weight excluding hydrogens is 516 g/mol. The van der Waals surface area contributed by atoms with Gasteiger partial charge in [0, 0.05) is 18.2 Å². The lowest BCUT2D eigenvalue weighted by molar-refractivity contribution is -0.134. The van der Waals surface area contributed by atoms with Crippen LogP contribution in [0.4, 0.5) is 11.4 Å². The molecule has 9 nitrogen and oxygen atoms in total. The number of amides is 2. The fourth-order valence-electron chi connectivity index (χ4n) is 4.52. The second kappa shape index (κ2) is 10.1. The molecule has 0 atom stereocenters. The van der Waals surface area contributed by atoms with Crippen molar-refractivity contribution < 1.29 is 19.5 Å². The van der Waals surface area contributed by atoms with Gasteiger partial charge in [-0.05, 0) is 49.2 Å². The van der Waals surface area contributed by atoms with E-state index in [4.69, 9.17) is 9.90 Å². The molecule has 196 valence electrons. The summed E-state index contributed by atoms with van der Waals surface area (Å²) in [6, 6.07) is 20.5. The first-order chi connectivity index (χ1) is 18.7. The predicted octanol–water partition coefficient (Wildman–Crippen LogP) is 3.52. The Labute approximate surface area is 226 Å². The summed E-state index contributed by atoms with van der Waals surface area (Å²) in [5.74, 6) is -1.51. The smallest absolute Gasteiger partial charge is 0.300 e. The zero-order valence-corrected chi connectivity index (χ0v) is 22.2. The molecule has 10 heteroatoms. The van der Waals surface area contributed by atoms with Gasteiger partial charge in [0.25, 0.3) is 17.4 Å². The number of hydrogen-bond acceptors (Lipinski definition) is 6. The highest BCUT2D eigenvalue weighted by Crippen LogP contribution is 2.35. The highest BCUT2D eigenvalue weighted by Gasteiger charge is 2.35. The third-order valence-electron chi connectivity index (χ3n) is 6.24. The third kappa shape index (κ3) is 4.77. The Kier molecular flexibility index (Phi) is 6.71. The molecule has 6 rings (SSSR count). The summed E-state index contributed by atoms with van der Waals surface area (Å²) in [6.07, 6.45) is 0. The zero-order chi connectivity index (χ0) is 27.8. The lowest BCUT2D eigenvalue weighted by atomic mass is 10.1. The van der Waals surface area contributed by atoms with Crippen molar-refractivity contribution in [3.05, 3.63) is 98.3 Å². The van der Waals surface area contributed by atoms with Crippen LogP contribution < -0.4 is 20.3 Å². The monoisotopic (exact) mass is 540 g/mol. The Morgan fingerprint density at radius 3 is 2.46 bits per heavy atom. The Bertz CT molecular complexity index is 1900. The van der Waals surface area contributed by atoms with Crippen molar-refractivity contribution in [1.29, 1.82) is 0 Å². The number of aromatic nitrogens is 2. The summed E-state index contributed by atoms with van der Waals surface area (Å²) < 4.78 is 1.88. The summed E-state index contributed by atoms with van der Waals surface area (Å²) in [5, 5.41) is 10.3. The normalized spacial score (nSPS) is 13.8. The van der Waals surface area contributed by atoms with Gasteiger partial charge in [-0.3, -0.25) is 24.1 Å². The first kappa shape index (κ1) is 25.8. The molecule has 0 saturated carbocycles. The maximum Gasteiger partial charge on any atom is 0.300 e. The lowest BCUT2D eigenvalue weighted by Crippen LogP contribution is -2.37. The van der Waals surface area contributed by atoms with Crippen LogP contribution in [0.25, 0.3) is 21.6 Å². The molecule has 1 aliphatic heterocycles. The molecule has 39 heavy (non-hydrogen) atoms. The average Bonchev–Trinajstić information content (AvgIpc) is 3.50. The first-order valence-electron chi connectivity index (χ1n) is 12.1. The van der Waals surface area contributed by atoms with Crippen LogP contribution in [0.1, 0.15) is 23.6 Å². The number of para-hydroxylation sites is 3. The lowest BCUT2D eigenvalue weighted by Gasteiger charge is -2.17. The Morgan fingerprint density at radius 1 is 1.00 bits per heavy atom. The summed E-state index contributed by atoms with van der Waals surface area (Å²) >= 11 is 1.20. The van der Waals surface area contributed by atoms with Gasteiger partial charge >= 0.3 is 0 Å². The molecular formula is C29H24N4O5S. The van der Waals surface area contributed by atoms with E-state index in [1.165, 1.54) is 16.2 Å². The number of carbonyl (C=O) groups is 3. The summed E-state index contributed by atoms with van der Waals surface area (Å²) in [7, 11) is 0. The van der Waals surface area contributed by atoms with Crippen LogP contribution >= 0.6 is 11.3 Å². The highest BCUT2D eigenvalue weighted by molar-refractivity contribution is 7.15. The standard InChI is InChI=1S/C27H20N4O3S.C2H4O2/c1-15-11-12-16(2)19(13-15)28-22(32)14-30-20-9-5-3-7-17(20)23(25(30)33)24-26(34)31-21-10-6-4-8-18(21)29-27(31)35-24;1-2(3)4/h3-13H,14H2,1-2H3,(H,28,32);1H3,(H,3,4). The number of hydrogen-bond donors (Lipinski definition) is 2. The molecule has 0 saturated heterocycles. The molecule has 1 aliphatic rings. The van der Waals surface area contributed by atoms with E-state index >= 15 is 0 Å². The van der Waals surface area contributed by atoms with E-state index in [1.54, 1.807) is 10.5 Å². The van der Waals surface area contributed by atoms with Gasteiger partial charge in [-0.15, -0.1) is 0 Å². The van der Waals surface area contributed by atoms with Crippen LogP contribution in [0.3, 0.4) is 0 Å². The second-order valence-corrected chi connectivity index (χ2v) is 10.1. The van der Waals surface area contributed by atoms with E-state index in [-0.39, 0.29) is 23.9 Å². The molecule has 0 bridgehead atoms. The van der Waals surface area contributed by atoms with Gasteiger partial charge in [-0.2, -0.15) is 0 Å². The van der Waals surface area contributed by atoms with Gasteiger partial charge in [0.2, 0.25) is 5.91 Å². The molecule has 0 radical (unpaired) electrons. The van der Waals surface area contributed by atoms with Crippen molar-refractivity contribution >= 4 is 62.1 Å². The fraction of sp³-hybridized carbons (Fsp3) is 0.138. The number of nitrogens with zero attached hydrogens (tertiary/aromatic N) is 3. The van der Waals surface area contributed by atoms with Crippen molar-refractivity contribution in [3.63, 3.8) is 0 Å². The van der Waals surface area contributed by atoms with Crippen molar-refractivity contribution in [2.45, 2.75) is 20.8 Å². The molecule has 5 aromatic rings. The van der Waals surface area contributed by atoms with Gasteiger partial charge in [0.05, 0.1) is 22.3 Å². The average molecular weight is 541 g/mol. The molecule has 2 N–H and O–H groups in total. The van der Waals surface area contributed by atoms with Crippen molar-refractivity contribution in [3.8, 4) is 0 Å². The Balaban J connectivity index is 0.000000723. The number of carboxylic acid groups (broad SMARTS) is 1. The van der Waals surface area contributed by atoms with E-state index in [0.717, 1.165) is 23.6 Å². The SMILES string of the molecule is CC(=O)O.Cc1ccc(C)c(NC(=O)CN2C(=O)C(=c3sc4nc5ccccc5n4c3=O)c3ccccc32)c1. The summed E-state index contributed by atoms with van der Waals surface area (Å²) in [6.45, 7) is 4.80. The Morgan fingerprint density at radius 2 is 1.69 bits per heavy atom. The molecule has 3 aromatic carbocycles. The summed E-state index contributed by atoms with van der Waals surface area (Å²) in [4.78, 5) is 55.6. The van der Waals surface area contributed by atoms with Gasteiger partial charge in [0.1, 0.15) is 11.1 Å². The predicted molar refractivity (Wildman–Crippen MR) is 151 cm³/mol. The number of fused-ring (bicyclic) bond motifs is 4. The molecule has 2 aromatic heterocycles. The zero-order valence-electron chi connectivity index (χ0n) is 21.4. The Hall–Kier alpha value is -4.83. The fourth-order valence-corrected chi connectivity index (χ4v) is 5.60. The van der Waals surface area contributed by atoms with Crippen molar-refractivity contribution in [2.24, 2.45) is 0 Å².